The van der Waals surface area contributed by atoms with Crippen LogP contribution in [0.25, 0.3) is 0 Å². The molecule has 1 aliphatic carbocycles. The van der Waals surface area contributed by atoms with Crippen LogP contribution in [0.1, 0.15) is 46.1 Å². The fourth-order valence-corrected chi connectivity index (χ4v) is 4.15. The maximum atomic E-state index is 13.3. The number of benzene rings is 2. The Labute approximate surface area is 163 Å². The second-order valence-electron chi connectivity index (χ2n) is 7.20. The molecule has 5 heteroatoms. The molecule has 1 aromatic heterocycles. The molecule has 0 saturated heterocycles. The Bertz CT molecular complexity index is 996. The number of rotatable bonds is 4. The molecule has 5 rings (SSSR count). The summed E-state index contributed by atoms with van der Waals surface area (Å²) >= 11 is 0. The van der Waals surface area contributed by atoms with E-state index in [1.54, 1.807) is 18.4 Å². The summed E-state index contributed by atoms with van der Waals surface area (Å²) in [5.41, 5.74) is 3.56. The van der Waals surface area contributed by atoms with Crippen LogP contribution in [-0.2, 0) is 13.0 Å². The molecular weight excluding hydrogens is 354 g/mol. The van der Waals surface area contributed by atoms with Crippen LogP contribution >= 0.6 is 0 Å². The highest BCUT2D eigenvalue weighted by atomic mass is 16.7. The Morgan fingerprint density at radius 2 is 1.93 bits per heavy atom. The highest BCUT2D eigenvalue weighted by Gasteiger charge is 2.31. The Balaban J connectivity index is 1.52. The molecule has 0 radical (unpaired) electrons. The van der Waals surface area contributed by atoms with Gasteiger partial charge in [-0.3, -0.25) is 4.79 Å². The van der Waals surface area contributed by atoms with E-state index in [1.165, 1.54) is 11.1 Å². The Hall–Kier alpha value is -3.21. The van der Waals surface area contributed by atoms with Gasteiger partial charge < -0.3 is 18.8 Å². The van der Waals surface area contributed by atoms with Crippen molar-refractivity contribution in [2.24, 2.45) is 0 Å². The molecule has 0 N–H and O–H groups in total. The number of carbonyl (C=O) groups excluding carboxylic acids is 1. The maximum absolute atomic E-state index is 13.3. The molecule has 5 nitrogen and oxygen atoms in total. The summed E-state index contributed by atoms with van der Waals surface area (Å²) in [5.74, 6) is 1.75. The summed E-state index contributed by atoms with van der Waals surface area (Å²) in [7, 11) is 0. The third-order valence-corrected chi connectivity index (χ3v) is 5.50. The molecule has 1 amide bonds. The van der Waals surface area contributed by atoms with Crippen LogP contribution < -0.4 is 9.47 Å². The number of hydrogen-bond acceptors (Lipinski definition) is 4. The van der Waals surface area contributed by atoms with Crippen LogP contribution in [0.2, 0.25) is 0 Å². The molecule has 2 heterocycles. The predicted molar refractivity (Wildman–Crippen MR) is 103 cm³/mol. The van der Waals surface area contributed by atoms with E-state index in [4.69, 9.17) is 13.9 Å². The first kappa shape index (κ1) is 16.9. The van der Waals surface area contributed by atoms with E-state index in [0.717, 1.165) is 36.3 Å². The molecule has 0 saturated carbocycles. The van der Waals surface area contributed by atoms with Gasteiger partial charge in [-0.2, -0.15) is 0 Å². The maximum Gasteiger partial charge on any atom is 0.290 e. The van der Waals surface area contributed by atoms with Crippen molar-refractivity contribution < 1.29 is 18.7 Å². The molecule has 1 atom stereocenters. The molecule has 0 bridgehead atoms. The smallest absolute Gasteiger partial charge is 0.290 e. The third-order valence-electron chi connectivity index (χ3n) is 5.50. The Morgan fingerprint density at radius 3 is 2.82 bits per heavy atom. The van der Waals surface area contributed by atoms with Gasteiger partial charge in [0.05, 0.1) is 12.3 Å². The lowest BCUT2D eigenvalue weighted by Gasteiger charge is -2.35. The van der Waals surface area contributed by atoms with Gasteiger partial charge in [-0.15, -0.1) is 0 Å². The van der Waals surface area contributed by atoms with Crippen molar-refractivity contribution in [1.82, 2.24) is 4.90 Å². The summed E-state index contributed by atoms with van der Waals surface area (Å²) in [6, 6.07) is 17.8. The molecule has 2 aromatic carbocycles. The van der Waals surface area contributed by atoms with Gasteiger partial charge in [0.15, 0.2) is 17.3 Å². The number of ether oxygens (including phenoxy) is 2. The van der Waals surface area contributed by atoms with E-state index in [-0.39, 0.29) is 18.7 Å². The number of aryl methyl sites for hydroxylation is 1. The van der Waals surface area contributed by atoms with Crippen LogP contribution in [0.5, 0.6) is 11.5 Å². The number of nitrogens with zero attached hydrogens (tertiary/aromatic N) is 1. The first-order valence-electron chi connectivity index (χ1n) is 9.60. The molecular formula is C23H21NO4. The van der Waals surface area contributed by atoms with E-state index >= 15 is 0 Å². The second kappa shape index (κ2) is 7.08. The minimum atomic E-state index is -0.0932. The van der Waals surface area contributed by atoms with Crippen molar-refractivity contribution in [3.63, 3.8) is 0 Å². The number of amides is 1. The fraction of sp³-hybridized carbons (Fsp3) is 0.261. The van der Waals surface area contributed by atoms with Crippen molar-refractivity contribution in [2.45, 2.75) is 31.8 Å². The van der Waals surface area contributed by atoms with Crippen LogP contribution in [0.4, 0.5) is 0 Å². The van der Waals surface area contributed by atoms with E-state index in [2.05, 4.69) is 18.2 Å². The van der Waals surface area contributed by atoms with Gasteiger partial charge in [-0.25, -0.2) is 0 Å². The van der Waals surface area contributed by atoms with Crippen molar-refractivity contribution in [1.29, 1.82) is 0 Å². The largest absolute Gasteiger partial charge is 0.459 e. The van der Waals surface area contributed by atoms with Crippen LogP contribution in [-0.4, -0.2) is 17.6 Å². The average Bonchev–Trinajstić information content (AvgIpc) is 3.43. The summed E-state index contributed by atoms with van der Waals surface area (Å²) < 4.78 is 16.4. The summed E-state index contributed by atoms with van der Waals surface area (Å²) in [6.07, 6.45) is 4.60. The molecule has 0 fully saturated rings. The molecule has 0 unspecified atom stereocenters. The summed E-state index contributed by atoms with van der Waals surface area (Å²) in [6.45, 7) is 0.721. The highest BCUT2D eigenvalue weighted by Crippen LogP contribution is 2.38. The molecule has 2 aliphatic rings. The Kier molecular flexibility index (Phi) is 4.28. The molecule has 28 heavy (non-hydrogen) atoms. The predicted octanol–water partition coefficient (Wildman–Crippen LogP) is 4.73. The van der Waals surface area contributed by atoms with Gasteiger partial charge in [0, 0.05) is 6.54 Å². The lowest BCUT2D eigenvalue weighted by atomic mass is 9.86. The molecule has 0 spiro atoms. The van der Waals surface area contributed by atoms with E-state index in [1.807, 2.05) is 29.2 Å². The average molecular weight is 375 g/mol. The van der Waals surface area contributed by atoms with Crippen molar-refractivity contribution in [2.75, 3.05) is 6.79 Å². The number of fused-ring (bicyclic) bond motifs is 2. The zero-order chi connectivity index (χ0) is 18.9. The van der Waals surface area contributed by atoms with Gasteiger partial charge in [0.25, 0.3) is 5.91 Å². The van der Waals surface area contributed by atoms with E-state index in [0.29, 0.717) is 12.3 Å². The SMILES string of the molecule is O=C(c1ccco1)N(Cc1ccc2c(c1)OCO2)[C@H]1CCCc2ccccc21. The van der Waals surface area contributed by atoms with Crippen LogP contribution in [0.15, 0.2) is 65.3 Å². The normalized spacial score (nSPS) is 17.2. The standard InChI is InChI=1S/C23H21NO4/c25-23(21-9-4-12-26-21)24(14-16-10-11-20-22(13-16)28-15-27-20)19-8-3-6-17-5-1-2-7-18(17)19/h1-2,4-5,7,9-13,19H,3,6,8,14-15H2/t19-/m0/s1. The molecule has 1 aliphatic heterocycles. The van der Waals surface area contributed by atoms with Crippen molar-refractivity contribution in [3.8, 4) is 11.5 Å². The molecule has 142 valence electrons. The quantitative estimate of drug-likeness (QED) is 0.662. The topological polar surface area (TPSA) is 51.9 Å². The van der Waals surface area contributed by atoms with Gasteiger partial charge in [0.1, 0.15) is 0 Å². The van der Waals surface area contributed by atoms with E-state index in [9.17, 15) is 4.79 Å². The lowest BCUT2D eigenvalue weighted by Crippen LogP contribution is -2.36. The first-order valence-corrected chi connectivity index (χ1v) is 9.60. The lowest BCUT2D eigenvalue weighted by molar-refractivity contribution is 0.0605. The van der Waals surface area contributed by atoms with Crippen molar-refractivity contribution >= 4 is 5.91 Å². The zero-order valence-electron chi connectivity index (χ0n) is 15.5. The van der Waals surface area contributed by atoms with Crippen LogP contribution in [0, 0.1) is 0 Å². The second-order valence-corrected chi connectivity index (χ2v) is 7.20. The number of hydrogen-bond donors (Lipinski definition) is 0. The summed E-state index contributed by atoms with van der Waals surface area (Å²) in [4.78, 5) is 15.3. The van der Waals surface area contributed by atoms with Gasteiger partial charge in [-0.1, -0.05) is 30.3 Å². The van der Waals surface area contributed by atoms with E-state index < -0.39 is 0 Å². The van der Waals surface area contributed by atoms with Gasteiger partial charge >= 0.3 is 0 Å². The van der Waals surface area contributed by atoms with Gasteiger partial charge in [-0.05, 0) is 60.2 Å². The minimum absolute atomic E-state index is 0.0213. The van der Waals surface area contributed by atoms with Gasteiger partial charge in [0.2, 0.25) is 6.79 Å². The Morgan fingerprint density at radius 1 is 1.04 bits per heavy atom. The number of furan rings is 1. The highest BCUT2D eigenvalue weighted by molar-refractivity contribution is 5.91. The summed E-state index contributed by atoms with van der Waals surface area (Å²) in [5, 5.41) is 0. The minimum Gasteiger partial charge on any atom is -0.459 e. The zero-order valence-corrected chi connectivity index (χ0v) is 15.5. The first-order chi connectivity index (χ1) is 13.8. The number of carbonyl (C=O) groups is 1. The fourth-order valence-electron chi connectivity index (χ4n) is 4.15. The van der Waals surface area contributed by atoms with Crippen molar-refractivity contribution in [3.05, 3.63) is 83.3 Å². The van der Waals surface area contributed by atoms with Crippen LogP contribution in [0.3, 0.4) is 0 Å². The third kappa shape index (κ3) is 3.03. The molecule has 3 aromatic rings. The monoisotopic (exact) mass is 375 g/mol.